The molecule has 0 spiro atoms. The number of hydrogen-bond acceptors (Lipinski definition) is 8. The second-order valence-electron chi connectivity index (χ2n) is 6.72. The van der Waals surface area contributed by atoms with Gasteiger partial charge in [-0.05, 0) is 24.1 Å². The number of thiophene rings is 1. The molecule has 1 unspecified atom stereocenters. The quantitative estimate of drug-likeness (QED) is 0.542. The molecule has 1 aromatic heterocycles. The first kappa shape index (κ1) is 21.0. The lowest BCUT2D eigenvalue weighted by Crippen LogP contribution is -2.36. The molecule has 0 fully saturated rings. The van der Waals surface area contributed by atoms with Crippen molar-refractivity contribution in [2.75, 3.05) is 18.5 Å². The number of carboxylic acids is 1. The minimum atomic E-state index is -4.09. The van der Waals surface area contributed by atoms with Gasteiger partial charge in [0, 0.05) is 4.88 Å². The maximum Gasteiger partial charge on any atom is 0.339 e. The molecule has 4 rings (SSSR count). The Labute approximate surface area is 179 Å². The molecule has 2 aromatic rings. The lowest BCUT2D eigenvalue weighted by molar-refractivity contribution is -0.134. The summed E-state index contributed by atoms with van der Waals surface area (Å²) in [4.78, 5) is 47.5. The summed E-state index contributed by atoms with van der Waals surface area (Å²) < 4.78 is 32.0. The van der Waals surface area contributed by atoms with Crippen molar-refractivity contribution in [1.29, 1.82) is 0 Å². The molecule has 11 nitrogen and oxygen atoms in total. The van der Waals surface area contributed by atoms with Gasteiger partial charge in [-0.1, -0.05) is 12.1 Å². The van der Waals surface area contributed by atoms with Crippen LogP contribution in [-0.4, -0.2) is 54.7 Å². The molecule has 0 radical (unpaired) electrons. The van der Waals surface area contributed by atoms with E-state index in [-0.39, 0.29) is 40.6 Å². The number of nitrogens with zero attached hydrogens (tertiary/aromatic N) is 1. The summed E-state index contributed by atoms with van der Waals surface area (Å²) in [5, 5.41) is 11.7. The number of benzene rings is 1. The van der Waals surface area contributed by atoms with Gasteiger partial charge in [0.1, 0.15) is 16.0 Å². The van der Waals surface area contributed by atoms with Crippen LogP contribution in [0, 0.1) is 0 Å². The van der Waals surface area contributed by atoms with E-state index in [2.05, 4.69) is 5.32 Å². The number of hydrogen-bond donors (Lipinski definition) is 3. The van der Waals surface area contributed by atoms with Crippen molar-refractivity contribution in [3.63, 3.8) is 0 Å². The Bertz CT molecular complexity index is 1250. The van der Waals surface area contributed by atoms with Crippen LogP contribution in [0.2, 0.25) is 0 Å². The Balaban J connectivity index is 1.71. The second kappa shape index (κ2) is 7.44. The van der Waals surface area contributed by atoms with Gasteiger partial charge in [0.2, 0.25) is 0 Å². The first-order valence-corrected chi connectivity index (χ1v) is 11.2. The average molecular weight is 465 g/mol. The van der Waals surface area contributed by atoms with Gasteiger partial charge in [0.05, 0.1) is 24.3 Å². The number of ether oxygens (including phenoxy) is 1. The van der Waals surface area contributed by atoms with Crippen LogP contribution in [0.15, 0.2) is 29.2 Å². The van der Waals surface area contributed by atoms with Crippen LogP contribution < -0.4 is 11.1 Å². The SMILES string of the molecule is NC(=O)C(=O)Nc1sc2c(c1C(=O)O)CCOC2CN1C(=O)c2ccccc2S1(=O)=O. The van der Waals surface area contributed by atoms with Crippen molar-refractivity contribution in [2.45, 2.75) is 17.4 Å². The zero-order valence-corrected chi connectivity index (χ0v) is 17.3. The Morgan fingerprint density at radius 2 is 2.00 bits per heavy atom. The van der Waals surface area contributed by atoms with Crippen LogP contribution in [0.1, 0.15) is 37.3 Å². The monoisotopic (exact) mass is 465 g/mol. The van der Waals surface area contributed by atoms with Gasteiger partial charge in [-0.15, -0.1) is 11.3 Å². The molecule has 31 heavy (non-hydrogen) atoms. The van der Waals surface area contributed by atoms with Crippen molar-refractivity contribution in [3.8, 4) is 0 Å². The Hall–Kier alpha value is -3.29. The maximum absolute atomic E-state index is 12.8. The molecule has 0 saturated carbocycles. The fourth-order valence-corrected chi connectivity index (χ4v) is 6.39. The average Bonchev–Trinajstić information content (AvgIpc) is 3.17. The molecule has 0 saturated heterocycles. The number of amides is 3. The molecule has 1 atom stereocenters. The molecule has 2 aliphatic rings. The number of rotatable bonds is 4. The highest BCUT2D eigenvalue weighted by atomic mass is 32.2. The van der Waals surface area contributed by atoms with Crippen LogP contribution in [0.5, 0.6) is 0 Å². The van der Waals surface area contributed by atoms with Gasteiger partial charge < -0.3 is 20.9 Å². The summed E-state index contributed by atoms with van der Waals surface area (Å²) in [6.07, 6.45) is -0.753. The Morgan fingerprint density at radius 3 is 2.65 bits per heavy atom. The van der Waals surface area contributed by atoms with Crippen molar-refractivity contribution >= 4 is 50.1 Å². The topological polar surface area (TPSA) is 173 Å². The largest absolute Gasteiger partial charge is 0.478 e. The van der Waals surface area contributed by atoms with E-state index in [1.807, 2.05) is 0 Å². The molecule has 1 aromatic carbocycles. The molecule has 4 N–H and O–H groups in total. The molecule has 162 valence electrons. The van der Waals surface area contributed by atoms with E-state index < -0.39 is 39.8 Å². The molecule has 13 heteroatoms. The number of aromatic carboxylic acids is 1. The molecule has 0 aliphatic carbocycles. The summed E-state index contributed by atoms with van der Waals surface area (Å²) in [5.41, 5.74) is 5.09. The first-order chi connectivity index (χ1) is 14.6. The summed E-state index contributed by atoms with van der Waals surface area (Å²) in [6.45, 7) is -0.293. The molecule has 0 bridgehead atoms. The maximum atomic E-state index is 12.8. The lowest BCUT2D eigenvalue weighted by atomic mass is 10.0. The number of carbonyl (C=O) groups excluding carboxylic acids is 3. The smallest absolute Gasteiger partial charge is 0.339 e. The van der Waals surface area contributed by atoms with Crippen molar-refractivity contribution < 1.29 is 37.4 Å². The third-order valence-corrected chi connectivity index (χ3v) is 7.96. The molecular formula is C18H15N3O8S2. The zero-order chi connectivity index (χ0) is 22.5. The molecular weight excluding hydrogens is 450 g/mol. The normalized spacial score (nSPS) is 18.9. The van der Waals surface area contributed by atoms with Crippen molar-refractivity contribution in [1.82, 2.24) is 4.31 Å². The number of nitrogens with one attached hydrogen (secondary N) is 1. The molecule has 2 aliphatic heterocycles. The number of anilines is 1. The fourth-order valence-electron chi connectivity index (χ4n) is 3.55. The number of fused-ring (bicyclic) bond motifs is 2. The third kappa shape index (κ3) is 3.36. The first-order valence-electron chi connectivity index (χ1n) is 8.90. The number of nitrogens with two attached hydrogens (primary N) is 1. The Morgan fingerprint density at radius 1 is 1.29 bits per heavy atom. The minimum Gasteiger partial charge on any atom is -0.478 e. The van der Waals surface area contributed by atoms with E-state index in [0.717, 1.165) is 11.3 Å². The van der Waals surface area contributed by atoms with Gasteiger partial charge in [0.25, 0.3) is 15.9 Å². The van der Waals surface area contributed by atoms with Gasteiger partial charge in [-0.25, -0.2) is 17.5 Å². The molecule has 3 amide bonds. The number of carboxylic acid groups (broad SMARTS) is 1. The number of primary amides is 1. The van der Waals surface area contributed by atoms with Crippen LogP contribution in [0.25, 0.3) is 0 Å². The second-order valence-corrected chi connectivity index (χ2v) is 9.60. The van der Waals surface area contributed by atoms with Gasteiger partial charge in [-0.3, -0.25) is 14.4 Å². The highest BCUT2D eigenvalue weighted by molar-refractivity contribution is 7.90. The highest BCUT2D eigenvalue weighted by Crippen LogP contribution is 2.43. The Kier molecular flexibility index (Phi) is 5.03. The van der Waals surface area contributed by atoms with Crippen LogP contribution >= 0.6 is 11.3 Å². The van der Waals surface area contributed by atoms with E-state index in [0.29, 0.717) is 14.7 Å². The standard InChI is InChI=1S/C18H15N3O8S2/c19-14(22)15(23)20-16-12(18(25)26)9-5-6-29-10(13(9)30-16)7-21-17(24)8-3-1-2-4-11(8)31(21,27)28/h1-4,10H,5-7H2,(H2,19,22)(H,20,23)(H,25,26). The van der Waals surface area contributed by atoms with E-state index in [1.54, 1.807) is 6.07 Å². The minimum absolute atomic E-state index is 0.0466. The third-order valence-electron chi connectivity index (χ3n) is 4.91. The van der Waals surface area contributed by atoms with E-state index in [9.17, 15) is 32.7 Å². The lowest BCUT2D eigenvalue weighted by Gasteiger charge is -2.27. The van der Waals surface area contributed by atoms with Gasteiger partial charge in [0.15, 0.2) is 0 Å². The van der Waals surface area contributed by atoms with Gasteiger partial charge in [-0.2, -0.15) is 0 Å². The van der Waals surface area contributed by atoms with E-state index >= 15 is 0 Å². The van der Waals surface area contributed by atoms with Gasteiger partial charge >= 0.3 is 17.8 Å². The predicted molar refractivity (Wildman–Crippen MR) is 106 cm³/mol. The summed E-state index contributed by atoms with van der Waals surface area (Å²) in [6, 6.07) is 5.81. The van der Waals surface area contributed by atoms with Crippen molar-refractivity contribution in [3.05, 3.63) is 45.8 Å². The highest BCUT2D eigenvalue weighted by Gasteiger charge is 2.43. The van der Waals surface area contributed by atoms with E-state index in [1.165, 1.54) is 18.2 Å². The molecule has 3 heterocycles. The van der Waals surface area contributed by atoms with Crippen LogP contribution in [0.3, 0.4) is 0 Å². The van der Waals surface area contributed by atoms with Crippen molar-refractivity contribution in [2.24, 2.45) is 5.73 Å². The van der Waals surface area contributed by atoms with E-state index in [4.69, 9.17) is 10.5 Å². The zero-order valence-electron chi connectivity index (χ0n) is 15.7. The van der Waals surface area contributed by atoms with Crippen LogP contribution in [-0.2, 0) is 30.8 Å². The summed E-state index contributed by atoms with van der Waals surface area (Å²) >= 11 is 0.834. The number of carbonyl (C=O) groups is 4. The number of sulfonamides is 1. The summed E-state index contributed by atoms with van der Waals surface area (Å²) in [5.74, 6) is -4.52. The predicted octanol–water partition coefficient (Wildman–Crippen LogP) is 0.329. The fraction of sp³-hybridized carbons (Fsp3) is 0.222. The summed E-state index contributed by atoms with van der Waals surface area (Å²) in [7, 11) is -4.09. The van der Waals surface area contributed by atoms with Crippen LogP contribution in [0.4, 0.5) is 5.00 Å².